The van der Waals surface area contributed by atoms with E-state index in [2.05, 4.69) is 0 Å². The van der Waals surface area contributed by atoms with Gasteiger partial charge in [0.2, 0.25) is 0 Å². The van der Waals surface area contributed by atoms with Crippen molar-refractivity contribution in [3.63, 3.8) is 0 Å². The Morgan fingerprint density at radius 3 is 3.00 bits per heavy atom. The van der Waals surface area contributed by atoms with Crippen LogP contribution in [0.2, 0.25) is 0 Å². The highest BCUT2D eigenvalue weighted by Crippen LogP contribution is 2.10. The molecular formula is C8H9N3O2. The van der Waals surface area contributed by atoms with E-state index in [1.54, 1.807) is 12.1 Å². The van der Waals surface area contributed by atoms with Gasteiger partial charge in [0.25, 0.3) is 0 Å². The van der Waals surface area contributed by atoms with Crippen LogP contribution >= 0.6 is 0 Å². The second-order valence-electron chi connectivity index (χ2n) is 2.50. The summed E-state index contributed by atoms with van der Waals surface area (Å²) in [6.07, 6.45) is 1.53. The monoisotopic (exact) mass is 179 g/mol. The van der Waals surface area contributed by atoms with E-state index in [0.717, 1.165) is 0 Å². The summed E-state index contributed by atoms with van der Waals surface area (Å²) in [7, 11) is 0. The molecule has 1 rings (SSSR count). The van der Waals surface area contributed by atoms with Crippen molar-refractivity contribution >= 4 is 5.97 Å². The second-order valence-corrected chi connectivity index (χ2v) is 2.50. The van der Waals surface area contributed by atoms with Crippen LogP contribution in [-0.2, 0) is 4.79 Å². The van der Waals surface area contributed by atoms with Gasteiger partial charge in [-0.15, -0.1) is 0 Å². The van der Waals surface area contributed by atoms with Crippen LogP contribution in [0.4, 0.5) is 0 Å². The smallest absolute Gasteiger partial charge is 0.328 e. The van der Waals surface area contributed by atoms with Crippen molar-refractivity contribution in [2.45, 2.75) is 6.04 Å². The summed E-state index contributed by atoms with van der Waals surface area (Å²) in [5, 5.41) is 17.4. The van der Waals surface area contributed by atoms with Gasteiger partial charge in [0, 0.05) is 12.7 Å². The van der Waals surface area contributed by atoms with Gasteiger partial charge in [-0.2, -0.15) is 5.26 Å². The number of nitrogens with zero attached hydrogens (tertiary/aromatic N) is 2. The summed E-state index contributed by atoms with van der Waals surface area (Å²) in [4.78, 5) is 10.7. The normalized spacial score (nSPS) is 12.0. The summed E-state index contributed by atoms with van der Waals surface area (Å²) in [5.41, 5.74) is 5.58. The average Bonchev–Trinajstić information content (AvgIpc) is 2.53. The van der Waals surface area contributed by atoms with Crippen LogP contribution < -0.4 is 5.73 Å². The fourth-order valence-electron chi connectivity index (χ4n) is 1.09. The summed E-state index contributed by atoms with van der Waals surface area (Å²) < 4.78 is 1.35. The molecular weight excluding hydrogens is 170 g/mol. The van der Waals surface area contributed by atoms with E-state index in [-0.39, 0.29) is 6.54 Å². The van der Waals surface area contributed by atoms with Crippen molar-refractivity contribution in [1.82, 2.24) is 4.57 Å². The molecule has 1 aromatic heterocycles. The minimum absolute atomic E-state index is 0.0291. The van der Waals surface area contributed by atoms with E-state index in [4.69, 9.17) is 16.1 Å². The van der Waals surface area contributed by atoms with E-state index in [9.17, 15) is 4.79 Å². The molecule has 68 valence electrons. The molecule has 0 aromatic carbocycles. The lowest BCUT2D eigenvalue weighted by molar-refractivity contribution is -0.140. The zero-order valence-corrected chi connectivity index (χ0v) is 6.84. The minimum Gasteiger partial charge on any atom is -0.480 e. The summed E-state index contributed by atoms with van der Waals surface area (Å²) in [6.45, 7) is -0.0291. The van der Waals surface area contributed by atoms with Crippen LogP contribution in [0.25, 0.3) is 0 Å². The Labute approximate surface area is 75.0 Å². The van der Waals surface area contributed by atoms with Crippen LogP contribution in [0.15, 0.2) is 18.3 Å². The van der Waals surface area contributed by atoms with Crippen LogP contribution in [0.3, 0.4) is 0 Å². The van der Waals surface area contributed by atoms with E-state index < -0.39 is 12.0 Å². The van der Waals surface area contributed by atoms with Gasteiger partial charge in [-0.3, -0.25) is 0 Å². The largest absolute Gasteiger partial charge is 0.480 e. The molecule has 0 aliphatic heterocycles. The minimum atomic E-state index is -1.03. The van der Waals surface area contributed by atoms with Gasteiger partial charge in [0.05, 0.1) is 0 Å². The number of nitriles is 1. The molecule has 5 nitrogen and oxygen atoms in total. The number of hydrogen-bond donors (Lipinski definition) is 2. The Kier molecular flexibility index (Phi) is 2.67. The van der Waals surface area contributed by atoms with Crippen molar-refractivity contribution in [3.05, 3.63) is 24.0 Å². The van der Waals surface area contributed by atoms with Gasteiger partial charge in [0.1, 0.15) is 17.8 Å². The molecule has 1 aromatic rings. The van der Waals surface area contributed by atoms with Crippen LogP contribution in [0.1, 0.15) is 11.7 Å². The molecule has 0 saturated carbocycles. The first kappa shape index (κ1) is 9.29. The maximum Gasteiger partial charge on any atom is 0.328 e. The number of aliphatic carboxylic acids is 1. The van der Waals surface area contributed by atoms with Crippen LogP contribution in [-0.4, -0.2) is 22.2 Å². The summed E-state index contributed by atoms with van der Waals surface area (Å²) >= 11 is 0. The Hall–Kier alpha value is -1.80. The molecule has 0 bridgehead atoms. The molecule has 0 radical (unpaired) electrons. The van der Waals surface area contributed by atoms with E-state index in [1.807, 2.05) is 6.07 Å². The lowest BCUT2D eigenvalue weighted by atomic mass is 10.3. The number of hydrogen-bond acceptors (Lipinski definition) is 3. The van der Waals surface area contributed by atoms with Crippen molar-refractivity contribution < 1.29 is 9.90 Å². The highest BCUT2D eigenvalue weighted by atomic mass is 16.4. The summed E-state index contributed by atoms with van der Waals surface area (Å²) in [5.74, 6) is -1.03. The maximum absolute atomic E-state index is 10.7. The molecule has 1 unspecified atom stereocenters. The SMILES string of the molecule is N#Cc1cccn1C(CN)C(=O)O. The van der Waals surface area contributed by atoms with E-state index >= 15 is 0 Å². The van der Waals surface area contributed by atoms with Crippen LogP contribution in [0, 0.1) is 11.3 Å². The number of aromatic nitrogens is 1. The highest BCUT2D eigenvalue weighted by molar-refractivity contribution is 5.72. The molecule has 3 N–H and O–H groups in total. The summed E-state index contributed by atoms with van der Waals surface area (Å²) in [6, 6.07) is 4.19. The van der Waals surface area contributed by atoms with Gasteiger partial charge in [-0.05, 0) is 12.1 Å². The second kappa shape index (κ2) is 3.74. The van der Waals surface area contributed by atoms with E-state index in [1.165, 1.54) is 10.8 Å². The topological polar surface area (TPSA) is 92.0 Å². The molecule has 1 heterocycles. The fourth-order valence-corrected chi connectivity index (χ4v) is 1.09. The standard InChI is InChI=1S/C8H9N3O2/c9-4-6-2-1-3-11(6)7(5-10)8(12)13/h1-3,7H,5,10H2,(H,12,13). The lowest BCUT2D eigenvalue weighted by Gasteiger charge is -2.12. The molecule has 5 heteroatoms. The van der Waals surface area contributed by atoms with Gasteiger partial charge >= 0.3 is 5.97 Å². The molecule has 1 atom stereocenters. The molecule has 0 aliphatic rings. The van der Waals surface area contributed by atoms with Gasteiger partial charge in [-0.25, -0.2) is 4.79 Å². The molecule has 0 amide bonds. The first-order chi connectivity index (χ1) is 6.20. The number of carboxylic acids is 1. The molecule has 13 heavy (non-hydrogen) atoms. The van der Waals surface area contributed by atoms with E-state index in [0.29, 0.717) is 5.69 Å². The van der Waals surface area contributed by atoms with Gasteiger partial charge in [0.15, 0.2) is 0 Å². The number of nitrogens with two attached hydrogens (primary N) is 1. The van der Waals surface area contributed by atoms with Crippen molar-refractivity contribution in [3.8, 4) is 6.07 Å². The fraction of sp³-hybridized carbons (Fsp3) is 0.250. The van der Waals surface area contributed by atoms with Crippen molar-refractivity contribution in [1.29, 1.82) is 5.26 Å². The third-order valence-electron chi connectivity index (χ3n) is 1.74. The Balaban J connectivity index is 3.05. The highest BCUT2D eigenvalue weighted by Gasteiger charge is 2.18. The quantitative estimate of drug-likeness (QED) is 0.680. The van der Waals surface area contributed by atoms with Crippen molar-refractivity contribution in [2.24, 2.45) is 5.73 Å². The zero-order chi connectivity index (χ0) is 9.84. The van der Waals surface area contributed by atoms with Gasteiger partial charge in [-0.1, -0.05) is 0 Å². The average molecular weight is 179 g/mol. The zero-order valence-electron chi connectivity index (χ0n) is 6.84. The Bertz CT molecular complexity index is 351. The first-order valence-corrected chi connectivity index (χ1v) is 3.70. The molecule has 0 aliphatic carbocycles. The van der Waals surface area contributed by atoms with Gasteiger partial charge < -0.3 is 15.4 Å². The Morgan fingerprint density at radius 1 is 1.85 bits per heavy atom. The third kappa shape index (κ3) is 1.68. The van der Waals surface area contributed by atoms with Crippen molar-refractivity contribution in [2.75, 3.05) is 6.54 Å². The number of rotatable bonds is 3. The molecule has 0 saturated heterocycles. The number of carboxylic acid groups (broad SMARTS) is 1. The molecule has 0 fully saturated rings. The predicted octanol–water partition coefficient (Wildman–Crippen LogP) is -0.0558. The van der Waals surface area contributed by atoms with Crippen LogP contribution in [0.5, 0.6) is 0 Å². The maximum atomic E-state index is 10.7. The first-order valence-electron chi connectivity index (χ1n) is 3.70. The third-order valence-corrected chi connectivity index (χ3v) is 1.74. The number of carbonyl (C=O) groups is 1. The molecule has 0 spiro atoms. The Morgan fingerprint density at radius 2 is 2.54 bits per heavy atom. The lowest BCUT2D eigenvalue weighted by Crippen LogP contribution is -2.27. The predicted molar refractivity (Wildman–Crippen MR) is 44.9 cm³/mol.